The van der Waals surface area contributed by atoms with Crippen LogP contribution in [-0.4, -0.2) is 55.0 Å². The molecule has 0 amide bonds. The molecule has 1 aromatic carbocycles. The molecule has 1 saturated heterocycles. The molecule has 8 heteroatoms. The van der Waals surface area contributed by atoms with Crippen LogP contribution in [0, 0.1) is 11.6 Å². The molecule has 1 heterocycles. The van der Waals surface area contributed by atoms with Gasteiger partial charge in [0.15, 0.2) is 17.7 Å². The molecule has 0 bridgehead atoms. The average Bonchev–Trinajstić information content (AvgIpc) is 2.66. The summed E-state index contributed by atoms with van der Waals surface area (Å²) in [5, 5.41) is 9.10. The van der Waals surface area contributed by atoms with Gasteiger partial charge in [-0.25, -0.2) is 8.78 Å². The lowest BCUT2D eigenvalue weighted by molar-refractivity contribution is -0.208. The van der Waals surface area contributed by atoms with Crippen LogP contribution in [0.5, 0.6) is 0 Å². The first-order chi connectivity index (χ1) is 10.3. The summed E-state index contributed by atoms with van der Waals surface area (Å²) in [6, 6.07) is 3.85. The number of halogens is 5. The predicted octanol–water partition coefficient (Wildman–Crippen LogP) is 2.40. The number of rotatable bonds is 3. The third-order valence-corrected chi connectivity index (χ3v) is 3.67. The molecular formula is C14H17F5N2O. The van der Waals surface area contributed by atoms with Crippen LogP contribution >= 0.6 is 0 Å². The van der Waals surface area contributed by atoms with Gasteiger partial charge in [0.1, 0.15) is 0 Å². The summed E-state index contributed by atoms with van der Waals surface area (Å²) in [6.07, 6.45) is -6.55. The lowest BCUT2D eigenvalue weighted by Gasteiger charge is -2.26. The Hall–Kier alpha value is -1.41. The molecule has 1 aromatic rings. The number of hydrogen-bond acceptors (Lipinski definition) is 3. The highest BCUT2D eigenvalue weighted by molar-refractivity contribution is 5.48. The zero-order valence-corrected chi connectivity index (χ0v) is 11.8. The number of aliphatic hydroxyl groups is 1. The summed E-state index contributed by atoms with van der Waals surface area (Å²) in [5.41, 5.74) is 0.109. The van der Waals surface area contributed by atoms with Crippen LogP contribution in [0.1, 0.15) is 6.42 Å². The van der Waals surface area contributed by atoms with Gasteiger partial charge < -0.3 is 10.0 Å². The van der Waals surface area contributed by atoms with E-state index in [1.165, 1.54) is 17.0 Å². The van der Waals surface area contributed by atoms with E-state index >= 15 is 0 Å². The fourth-order valence-corrected chi connectivity index (χ4v) is 2.48. The standard InChI is InChI=1S/C14H17F5N2O/c15-10-3-1-4-11(13(10)16)21-6-2-5-20(7-8-21)9-12(22)14(17,18)19/h1,3-4,12,22H,2,5-9H2/t12-/m0/s1. The van der Waals surface area contributed by atoms with Gasteiger partial charge in [-0.1, -0.05) is 6.07 Å². The van der Waals surface area contributed by atoms with Gasteiger partial charge in [0.05, 0.1) is 5.69 Å². The summed E-state index contributed by atoms with van der Waals surface area (Å²) in [5.74, 6) is -1.91. The van der Waals surface area contributed by atoms with Crippen molar-refractivity contribution in [2.24, 2.45) is 0 Å². The molecule has 3 nitrogen and oxygen atoms in total. The van der Waals surface area contributed by atoms with Crippen molar-refractivity contribution < 1.29 is 27.1 Å². The molecule has 0 spiro atoms. The van der Waals surface area contributed by atoms with E-state index < -0.39 is 30.5 Å². The van der Waals surface area contributed by atoms with Gasteiger partial charge in [-0.2, -0.15) is 13.2 Å². The Morgan fingerprint density at radius 3 is 2.50 bits per heavy atom. The number of aliphatic hydroxyl groups excluding tert-OH is 1. The quantitative estimate of drug-likeness (QED) is 0.865. The fourth-order valence-electron chi connectivity index (χ4n) is 2.48. The Kier molecular flexibility index (Phi) is 5.23. The highest BCUT2D eigenvalue weighted by Gasteiger charge is 2.39. The van der Waals surface area contributed by atoms with E-state index in [1.54, 1.807) is 4.90 Å². The van der Waals surface area contributed by atoms with Crippen molar-refractivity contribution in [3.63, 3.8) is 0 Å². The topological polar surface area (TPSA) is 26.7 Å². The molecule has 1 atom stereocenters. The van der Waals surface area contributed by atoms with Crippen molar-refractivity contribution >= 4 is 5.69 Å². The highest BCUT2D eigenvalue weighted by atomic mass is 19.4. The maximum absolute atomic E-state index is 13.8. The van der Waals surface area contributed by atoms with Crippen LogP contribution in [0.4, 0.5) is 27.6 Å². The first-order valence-corrected chi connectivity index (χ1v) is 6.95. The molecule has 1 fully saturated rings. The Morgan fingerprint density at radius 2 is 1.82 bits per heavy atom. The average molecular weight is 324 g/mol. The normalized spacial score (nSPS) is 19.1. The summed E-state index contributed by atoms with van der Waals surface area (Å²) >= 11 is 0. The second-order valence-corrected chi connectivity index (χ2v) is 5.27. The number of nitrogens with zero attached hydrogens (tertiary/aromatic N) is 2. The van der Waals surface area contributed by atoms with E-state index in [4.69, 9.17) is 5.11 Å². The second kappa shape index (κ2) is 6.78. The minimum Gasteiger partial charge on any atom is -0.382 e. The Morgan fingerprint density at radius 1 is 1.09 bits per heavy atom. The number of benzene rings is 1. The molecule has 2 rings (SSSR count). The van der Waals surface area contributed by atoms with Crippen molar-refractivity contribution in [1.82, 2.24) is 4.90 Å². The van der Waals surface area contributed by atoms with Crippen molar-refractivity contribution in [2.45, 2.75) is 18.7 Å². The predicted molar refractivity (Wildman–Crippen MR) is 71.7 cm³/mol. The van der Waals surface area contributed by atoms with E-state index in [0.29, 0.717) is 19.5 Å². The lowest BCUT2D eigenvalue weighted by Crippen LogP contribution is -2.42. The summed E-state index contributed by atoms with van der Waals surface area (Å²) in [7, 11) is 0. The molecule has 1 aliphatic rings. The smallest absolute Gasteiger partial charge is 0.382 e. The number of β-amino-alcohol motifs (C(OH)–C–C–N with tert-alkyl or cyclic N) is 1. The minimum atomic E-state index is -4.65. The van der Waals surface area contributed by atoms with Crippen LogP contribution in [0.25, 0.3) is 0 Å². The number of alkyl halides is 3. The van der Waals surface area contributed by atoms with Gasteiger partial charge >= 0.3 is 6.18 Å². The molecule has 0 saturated carbocycles. The Labute approximate surface area is 124 Å². The van der Waals surface area contributed by atoms with Crippen LogP contribution < -0.4 is 4.90 Å². The van der Waals surface area contributed by atoms with E-state index in [0.717, 1.165) is 6.07 Å². The Bertz CT molecular complexity index is 508. The lowest BCUT2D eigenvalue weighted by atomic mass is 10.2. The monoisotopic (exact) mass is 324 g/mol. The molecule has 0 unspecified atom stereocenters. The number of hydrogen-bond donors (Lipinski definition) is 1. The molecular weight excluding hydrogens is 307 g/mol. The van der Waals surface area contributed by atoms with E-state index in [2.05, 4.69) is 0 Å². The fraction of sp³-hybridized carbons (Fsp3) is 0.571. The third-order valence-electron chi connectivity index (χ3n) is 3.67. The maximum atomic E-state index is 13.8. The van der Waals surface area contributed by atoms with Crippen molar-refractivity contribution in [2.75, 3.05) is 37.6 Å². The SMILES string of the molecule is O[C@@H](CN1CCCN(c2cccc(F)c2F)CC1)C(F)(F)F. The first-order valence-electron chi connectivity index (χ1n) is 6.95. The molecule has 0 radical (unpaired) electrons. The largest absolute Gasteiger partial charge is 0.415 e. The van der Waals surface area contributed by atoms with Crippen molar-refractivity contribution in [1.29, 1.82) is 0 Å². The van der Waals surface area contributed by atoms with Gasteiger partial charge in [0.25, 0.3) is 0 Å². The van der Waals surface area contributed by atoms with Gasteiger partial charge in [-0.05, 0) is 18.6 Å². The third kappa shape index (κ3) is 4.07. The van der Waals surface area contributed by atoms with Gasteiger partial charge in [-0.15, -0.1) is 0 Å². The summed E-state index contributed by atoms with van der Waals surface area (Å²) < 4.78 is 64.1. The van der Waals surface area contributed by atoms with Gasteiger partial charge in [0.2, 0.25) is 0 Å². The molecule has 124 valence electrons. The van der Waals surface area contributed by atoms with Crippen LogP contribution in [0.15, 0.2) is 18.2 Å². The van der Waals surface area contributed by atoms with Crippen LogP contribution in [0.3, 0.4) is 0 Å². The summed E-state index contributed by atoms with van der Waals surface area (Å²) in [4.78, 5) is 3.09. The molecule has 1 N–H and O–H groups in total. The summed E-state index contributed by atoms with van der Waals surface area (Å²) in [6.45, 7) is 0.774. The highest BCUT2D eigenvalue weighted by Crippen LogP contribution is 2.24. The molecule has 1 aliphatic heterocycles. The minimum absolute atomic E-state index is 0.109. The maximum Gasteiger partial charge on any atom is 0.415 e. The molecule has 0 aliphatic carbocycles. The zero-order chi connectivity index (χ0) is 16.3. The van der Waals surface area contributed by atoms with E-state index in [-0.39, 0.29) is 18.8 Å². The van der Waals surface area contributed by atoms with E-state index in [9.17, 15) is 22.0 Å². The van der Waals surface area contributed by atoms with Crippen molar-refractivity contribution in [3.05, 3.63) is 29.8 Å². The van der Waals surface area contributed by atoms with E-state index in [1.807, 2.05) is 0 Å². The Balaban J connectivity index is 1.99. The molecule has 22 heavy (non-hydrogen) atoms. The zero-order valence-electron chi connectivity index (χ0n) is 11.8. The first kappa shape index (κ1) is 17.0. The number of anilines is 1. The second-order valence-electron chi connectivity index (χ2n) is 5.27. The van der Waals surface area contributed by atoms with Crippen LogP contribution in [0.2, 0.25) is 0 Å². The van der Waals surface area contributed by atoms with Crippen molar-refractivity contribution in [3.8, 4) is 0 Å². The van der Waals surface area contributed by atoms with Gasteiger partial charge in [-0.3, -0.25) is 4.90 Å². The van der Waals surface area contributed by atoms with Gasteiger partial charge in [0, 0.05) is 32.7 Å². The van der Waals surface area contributed by atoms with Crippen LogP contribution in [-0.2, 0) is 0 Å². The molecule has 0 aromatic heterocycles.